The van der Waals surface area contributed by atoms with E-state index in [9.17, 15) is 22.0 Å². The molecule has 0 aliphatic carbocycles. The molecule has 1 aliphatic heterocycles. The third-order valence-electron chi connectivity index (χ3n) is 5.78. The van der Waals surface area contributed by atoms with Crippen molar-refractivity contribution in [2.24, 2.45) is 4.99 Å². The fourth-order valence-electron chi connectivity index (χ4n) is 3.96. The quantitative estimate of drug-likeness (QED) is 0.347. The molecule has 0 spiro atoms. The zero-order chi connectivity index (χ0) is 23.4. The standard InChI is InChI=1S/C26H28F5N/c1-3-4-12-25(27,28)13-11-19-9-10-20(14-18(19)2)22-15-24(32-17-22)23-8-6-5-7-21(23)16-26(29,30)31/h5-10,14-15H,3-4,11-13,16-17H2,1-2H3. The minimum atomic E-state index is -4.29. The maximum absolute atomic E-state index is 14.0. The number of allylic oxidation sites excluding steroid dienone is 1. The van der Waals surface area contributed by atoms with E-state index in [0.29, 0.717) is 30.7 Å². The van der Waals surface area contributed by atoms with Gasteiger partial charge in [-0.25, -0.2) is 8.78 Å². The second-order valence-corrected chi connectivity index (χ2v) is 8.42. The Hall–Kier alpha value is -2.50. The molecule has 0 saturated carbocycles. The van der Waals surface area contributed by atoms with Gasteiger partial charge < -0.3 is 0 Å². The fourth-order valence-corrected chi connectivity index (χ4v) is 3.96. The van der Waals surface area contributed by atoms with Crippen molar-refractivity contribution >= 4 is 11.3 Å². The summed E-state index contributed by atoms with van der Waals surface area (Å²) in [5.74, 6) is -2.65. The lowest BCUT2D eigenvalue weighted by Crippen LogP contribution is -2.17. The monoisotopic (exact) mass is 449 g/mol. The van der Waals surface area contributed by atoms with Crippen LogP contribution in [0.3, 0.4) is 0 Å². The molecule has 1 nitrogen and oxygen atoms in total. The third-order valence-corrected chi connectivity index (χ3v) is 5.78. The number of nitrogens with zero attached hydrogens (tertiary/aromatic N) is 1. The van der Waals surface area contributed by atoms with Crippen molar-refractivity contribution < 1.29 is 22.0 Å². The Morgan fingerprint density at radius 2 is 1.69 bits per heavy atom. The maximum atomic E-state index is 14.0. The van der Waals surface area contributed by atoms with Gasteiger partial charge in [-0.1, -0.05) is 55.8 Å². The van der Waals surface area contributed by atoms with Gasteiger partial charge in [0.15, 0.2) is 0 Å². The van der Waals surface area contributed by atoms with Crippen LogP contribution < -0.4 is 0 Å². The Morgan fingerprint density at radius 1 is 0.938 bits per heavy atom. The molecule has 2 aromatic carbocycles. The van der Waals surface area contributed by atoms with Crippen LogP contribution in [0, 0.1) is 6.92 Å². The lowest BCUT2D eigenvalue weighted by molar-refractivity contribution is -0.127. The van der Waals surface area contributed by atoms with Crippen LogP contribution in [0.5, 0.6) is 0 Å². The van der Waals surface area contributed by atoms with Gasteiger partial charge in [-0.15, -0.1) is 0 Å². The normalized spacial score (nSPS) is 14.5. The predicted octanol–water partition coefficient (Wildman–Crippen LogP) is 7.74. The molecule has 172 valence electrons. The van der Waals surface area contributed by atoms with Gasteiger partial charge in [-0.3, -0.25) is 4.99 Å². The Morgan fingerprint density at radius 3 is 2.38 bits per heavy atom. The van der Waals surface area contributed by atoms with Gasteiger partial charge in [0, 0.05) is 18.4 Å². The van der Waals surface area contributed by atoms with Crippen molar-refractivity contribution in [3.05, 3.63) is 76.4 Å². The summed E-state index contributed by atoms with van der Waals surface area (Å²) < 4.78 is 66.8. The second-order valence-electron chi connectivity index (χ2n) is 8.42. The first-order chi connectivity index (χ1) is 15.1. The largest absolute Gasteiger partial charge is 0.393 e. The molecule has 0 unspecified atom stereocenters. The summed E-state index contributed by atoms with van der Waals surface area (Å²) in [7, 11) is 0. The van der Waals surface area contributed by atoms with Crippen LogP contribution >= 0.6 is 0 Å². The fraction of sp³-hybridized carbons (Fsp3) is 0.423. The summed E-state index contributed by atoms with van der Waals surface area (Å²) in [4.78, 5) is 4.46. The van der Waals surface area contributed by atoms with E-state index < -0.39 is 18.5 Å². The Balaban J connectivity index is 1.73. The lowest BCUT2D eigenvalue weighted by atomic mass is 9.94. The second kappa shape index (κ2) is 9.97. The molecule has 0 atom stereocenters. The van der Waals surface area contributed by atoms with Gasteiger partial charge in [0.1, 0.15) is 0 Å². The number of benzene rings is 2. The van der Waals surface area contributed by atoms with E-state index in [1.54, 1.807) is 18.2 Å². The smallest absolute Gasteiger partial charge is 0.280 e. The van der Waals surface area contributed by atoms with Crippen molar-refractivity contribution in [2.45, 2.75) is 64.5 Å². The Labute approximate surface area is 186 Å². The molecule has 6 heteroatoms. The minimum Gasteiger partial charge on any atom is -0.280 e. The number of hydrogen-bond acceptors (Lipinski definition) is 1. The first-order valence-corrected chi connectivity index (χ1v) is 11.0. The van der Waals surface area contributed by atoms with Gasteiger partial charge >= 0.3 is 6.18 Å². The molecule has 0 bridgehead atoms. The molecule has 2 aromatic rings. The molecule has 32 heavy (non-hydrogen) atoms. The molecule has 1 aliphatic rings. The third kappa shape index (κ3) is 6.50. The molecule has 1 heterocycles. The number of aryl methyl sites for hydroxylation is 2. The predicted molar refractivity (Wildman–Crippen MR) is 120 cm³/mol. The summed E-state index contributed by atoms with van der Waals surface area (Å²) in [5, 5.41) is 0. The Bertz CT molecular complexity index is 1000. The number of rotatable bonds is 9. The highest BCUT2D eigenvalue weighted by molar-refractivity contribution is 6.15. The molecule has 0 radical (unpaired) electrons. The molecule has 0 N–H and O–H groups in total. The van der Waals surface area contributed by atoms with E-state index in [1.807, 2.05) is 38.1 Å². The number of aliphatic imine (C=N–C) groups is 1. The number of hydrogen-bond donors (Lipinski definition) is 0. The summed E-state index contributed by atoms with van der Waals surface area (Å²) in [5.41, 5.74) is 4.87. The number of alkyl halides is 5. The maximum Gasteiger partial charge on any atom is 0.393 e. The van der Waals surface area contributed by atoms with Crippen LogP contribution in [0.2, 0.25) is 0 Å². The van der Waals surface area contributed by atoms with E-state index in [-0.39, 0.29) is 18.4 Å². The average molecular weight is 450 g/mol. The van der Waals surface area contributed by atoms with Crippen molar-refractivity contribution in [1.29, 1.82) is 0 Å². The highest BCUT2D eigenvalue weighted by Crippen LogP contribution is 2.30. The molecular weight excluding hydrogens is 421 g/mol. The molecule has 0 amide bonds. The van der Waals surface area contributed by atoms with Crippen LogP contribution in [0.25, 0.3) is 5.57 Å². The highest BCUT2D eigenvalue weighted by atomic mass is 19.4. The van der Waals surface area contributed by atoms with Crippen molar-refractivity contribution in [2.75, 3.05) is 6.54 Å². The summed E-state index contributed by atoms with van der Waals surface area (Å²) in [6, 6.07) is 12.1. The van der Waals surface area contributed by atoms with Crippen molar-refractivity contribution in [1.82, 2.24) is 0 Å². The molecule has 0 aromatic heterocycles. The summed E-state index contributed by atoms with van der Waals surface area (Å²) >= 11 is 0. The van der Waals surface area contributed by atoms with E-state index >= 15 is 0 Å². The van der Waals surface area contributed by atoms with Crippen LogP contribution in [-0.4, -0.2) is 24.4 Å². The van der Waals surface area contributed by atoms with Gasteiger partial charge in [-0.05, 0) is 53.7 Å². The average Bonchev–Trinajstić information content (AvgIpc) is 3.21. The minimum absolute atomic E-state index is 0.0799. The van der Waals surface area contributed by atoms with Gasteiger partial charge in [0.25, 0.3) is 0 Å². The highest BCUT2D eigenvalue weighted by Gasteiger charge is 2.30. The lowest BCUT2D eigenvalue weighted by Gasteiger charge is -2.17. The Kier molecular flexibility index (Phi) is 7.52. The first-order valence-electron chi connectivity index (χ1n) is 11.0. The van der Waals surface area contributed by atoms with E-state index in [2.05, 4.69) is 4.99 Å². The topological polar surface area (TPSA) is 12.4 Å². The van der Waals surface area contributed by atoms with Gasteiger partial charge in [0.05, 0.1) is 18.7 Å². The van der Waals surface area contributed by atoms with E-state index in [4.69, 9.17) is 0 Å². The van der Waals surface area contributed by atoms with Gasteiger partial charge in [0.2, 0.25) is 5.92 Å². The van der Waals surface area contributed by atoms with E-state index in [0.717, 1.165) is 28.7 Å². The van der Waals surface area contributed by atoms with Gasteiger partial charge in [-0.2, -0.15) is 13.2 Å². The number of unbranched alkanes of at least 4 members (excludes halogenated alkanes) is 1. The van der Waals surface area contributed by atoms with Crippen LogP contribution in [0.1, 0.15) is 60.4 Å². The van der Waals surface area contributed by atoms with Crippen LogP contribution in [-0.2, 0) is 12.8 Å². The zero-order valence-corrected chi connectivity index (χ0v) is 18.4. The molecule has 3 rings (SSSR count). The summed E-state index contributed by atoms with van der Waals surface area (Å²) in [6.45, 7) is 4.18. The van der Waals surface area contributed by atoms with E-state index in [1.165, 1.54) is 6.07 Å². The van der Waals surface area contributed by atoms with Crippen LogP contribution in [0.4, 0.5) is 22.0 Å². The molecule has 0 saturated heterocycles. The van der Waals surface area contributed by atoms with Crippen molar-refractivity contribution in [3.63, 3.8) is 0 Å². The van der Waals surface area contributed by atoms with Crippen LogP contribution in [0.15, 0.2) is 53.5 Å². The SMILES string of the molecule is CCCCC(F)(F)CCc1ccc(C2=CC(c3ccccc3CC(F)(F)F)=NC2)cc1C. The first kappa shape index (κ1) is 24.1. The molecule has 0 fully saturated rings. The molecular formula is C26H28F5N. The van der Waals surface area contributed by atoms with Crippen molar-refractivity contribution in [3.8, 4) is 0 Å². The number of halogens is 5. The zero-order valence-electron chi connectivity index (χ0n) is 18.4. The summed E-state index contributed by atoms with van der Waals surface area (Å²) in [6.07, 6.45) is -2.12.